The van der Waals surface area contributed by atoms with E-state index in [2.05, 4.69) is 4.74 Å². The topological polar surface area (TPSA) is 82.6 Å². The first-order valence-corrected chi connectivity index (χ1v) is 12.4. The number of ether oxygens (including phenoxy) is 2. The van der Waals surface area contributed by atoms with Crippen molar-refractivity contribution in [3.63, 3.8) is 0 Å². The molecule has 41 heavy (non-hydrogen) atoms. The Kier molecular flexibility index (Phi) is 9.62. The molecule has 2 aliphatic rings. The first-order valence-electron chi connectivity index (χ1n) is 12.4. The zero-order valence-corrected chi connectivity index (χ0v) is 21.7. The third-order valence-electron chi connectivity index (χ3n) is 7.13. The third kappa shape index (κ3) is 8.30. The highest BCUT2D eigenvalue weighted by atomic mass is 19.4. The lowest BCUT2D eigenvalue weighted by atomic mass is 9.87. The van der Waals surface area contributed by atoms with Crippen molar-refractivity contribution in [3.05, 3.63) is 29.3 Å². The highest BCUT2D eigenvalue weighted by Crippen LogP contribution is 2.38. The first-order chi connectivity index (χ1) is 18.8. The number of rotatable bonds is 7. The second-order valence-electron chi connectivity index (χ2n) is 10.0. The van der Waals surface area contributed by atoms with Gasteiger partial charge >= 0.3 is 30.6 Å². The van der Waals surface area contributed by atoms with Crippen molar-refractivity contribution in [3.8, 4) is 0 Å². The molecule has 1 N–H and O–H groups in total. The molecule has 3 rings (SSSR count). The minimum atomic E-state index is -5.88. The number of hydrogen-bond acceptors (Lipinski definition) is 6. The van der Waals surface area contributed by atoms with E-state index in [-0.39, 0.29) is 51.4 Å². The lowest BCUT2D eigenvalue weighted by Crippen LogP contribution is -2.56. The molecule has 2 saturated heterocycles. The van der Waals surface area contributed by atoms with Crippen molar-refractivity contribution in [1.82, 2.24) is 9.80 Å². The van der Waals surface area contributed by atoms with Crippen LogP contribution in [0.5, 0.6) is 0 Å². The maximum absolute atomic E-state index is 13.5. The average Bonchev–Trinajstić information content (AvgIpc) is 2.85. The van der Waals surface area contributed by atoms with Crippen LogP contribution in [0.2, 0.25) is 0 Å². The van der Waals surface area contributed by atoms with Gasteiger partial charge in [-0.05, 0) is 37.5 Å². The number of piperidine rings is 1. The second kappa shape index (κ2) is 12.1. The molecule has 2 fully saturated rings. The number of carbonyl (C=O) groups is 2. The van der Waals surface area contributed by atoms with Gasteiger partial charge in [-0.1, -0.05) is 6.07 Å². The van der Waals surface area contributed by atoms with Crippen LogP contribution in [0, 0.1) is 0 Å². The van der Waals surface area contributed by atoms with Crippen LogP contribution in [0.1, 0.15) is 30.9 Å². The number of benzene rings is 1. The summed E-state index contributed by atoms with van der Waals surface area (Å²) < 4.78 is 126. The van der Waals surface area contributed by atoms with Crippen LogP contribution in [0.4, 0.5) is 50.0 Å². The van der Waals surface area contributed by atoms with E-state index in [9.17, 15) is 54.2 Å². The first kappa shape index (κ1) is 32.6. The predicted molar refractivity (Wildman–Crippen MR) is 124 cm³/mol. The summed E-state index contributed by atoms with van der Waals surface area (Å²) in [7, 11) is 0. The summed E-state index contributed by atoms with van der Waals surface area (Å²) in [6, 6.07) is 3.09. The quantitative estimate of drug-likeness (QED) is 0.440. The molecular weight excluding hydrogens is 581 g/mol. The smallest absolute Gasteiger partial charge is 0.434 e. The predicted octanol–water partition coefficient (Wildman–Crippen LogP) is 4.91. The van der Waals surface area contributed by atoms with E-state index in [0.29, 0.717) is 23.6 Å². The fourth-order valence-electron chi connectivity index (χ4n) is 4.76. The summed E-state index contributed by atoms with van der Waals surface area (Å²) in [5.74, 6) is -1.27. The molecule has 0 bridgehead atoms. The summed E-state index contributed by atoms with van der Waals surface area (Å²) in [5, 5.41) is 9.55. The van der Waals surface area contributed by atoms with Gasteiger partial charge in [-0.25, -0.2) is 4.79 Å². The summed E-state index contributed by atoms with van der Waals surface area (Å²) in [6.45, 7) is 1.30. The highest BCUT2D eigenvalue weighted by Gasteiger charge is 2.60. The van der Waals surface area contributed by atoms with Gasteiger partial charge in [-0.15, -0.1) is 0 Å². The molecule has 0 aromatic heterocycles. The molecule has 232 valence electrons. The highest BCUT2D eigenvalue weighted by molar-refractivity contribution is 5.70. The molecule has 0 saturated carbocycles. The normalized spacial score (nSPS) is 18.6. The number of halogens is 9. The van der Waals surface area contributed by atoms with Gasteiger partial charge in [-0.2, -0.15) is 39.5 Å². The fourth-order valence-corrected chi connectivity index (χ4v) is 4.76. The van der Waals surface area contributed by atoms with E-state index in [1.807, 2.05) is 0 Å². The minimum absolute atomic E-state index is 0.0639. The Bertz CT molecular complexity index is 1070. The van der Waals surface area contributed by atoms with Gasteiger partial charge in [0.05, 0.1) is 25.3 Å². The minimum Gasteiger partial charge on any atom is -0.480 e. The lowest BCUT2D eigenvalue weighted by Gasteiger charge is -2.46. The van der Waals surface area contributed by atoms with Crippen LogP contribution >= 0.6 is 0 Å². The van der Waals surface area contributed by atoms with Crippen LogP contribution in [0.25, 0.3) is 0 Å². The number of amides is 1. The maximum Gasteiger partial charge on any atom is 0.434 e. The van der Waals surface area contributed by atoms with Crippen molar-refractivity contribution >= 4 is 17.7 Å². The third-order valence-corrected chi connectivity index (χ3v) is 7.13. The molecule has 1 amide bonds. The monoisotopic (exact) mass is 609 g/mol. The van der Waals surface area contributed by atoms with Gasteiger partial charge in [-0.3, -0.25) is 9.69 Å². The molecule has 1 aromatic rings. The summed E-state index contributed by atoms with van der Waals surface area (Å²) in [6.07, 6.45) is -22.7. The van der Waals surface area contributed by atoms with Gasteiger partial charge in [0.25, 0.3) is 6.10 Å². The number of aliphatic carboxylic acids is 1. The van der Waals surface area contributed by atoms with E-state index in [0.717, 1.165) is 12.1 Å². The van der Waals surface area contributed by atoms with Crippen LogP contribution < -0.4 is 4.90 Å². The number of nitrogens with zero attached hydrogens (tertiary/aromatic N) is 3. The number of anilines is 1. The van der Waals surface area contributed by atoms with Gasteiger partial charge in [0.2, 0.25) is 0 Å². The van der Waals surface area contributed by atoms with E-state index in [1.54, 1.807) is 11.8 Å². The summed E-state index contributed by atoms with van der Waals surface area (Å²) in [4.78, 5) is 27.7. The zero-order chi connectivity index (χ0) is 30.8. The Morgan fingerprint density at radius 3 is 2.05 bits per heavy atom. The molecular formula is C24H28F9N3O5. The Hall–Kier alpha value is -2.95. The van der Waals surface area contributed by atoms with Gasteiger partial charge < -0.3 is 24.4 Å². The molecule has 2 aliphatic heterocycles. The number of alkyl halides is 9. The Morgan fingerprint density at radius 1 is 1.00 bits per heavy atom. The van der Waals surface area contributed by atoms with E-state index < -0.39 is 54.3 Å². The Balaban J connectivity index is 1.81. The van der Waals surface area contributed by atoms with Crippen LogP contribution in [-0.4, -0.2) is 96.9 Å². The maximum atomic E-state index is 13.5. The molecule has 0 atom stereocenters. The molecule has 0 radical (unpaired) electrons. The Labute approximate surface area is 228 Å². The molecule has 17 heteroatoms. The standard InChI is InChI=1S/C24H28F9N3O5/c1-21(4-6-35(7-5-21)20(39)41-19(23(28,29)30)24(31,32)33)36(14-18(37)38)13-15-2-3-16(22(25,26)27)12-17(15)34-8-10-40-11-9-34/h2-3,12,19H,4-11,13-14H2,1H3,(H,37,38). The number of likely N-dealkylation sites (tertiary alicyclic amines) is 1. The number of morpholine rings is 1. The van der Waals surface area contributed by atoms with Crippen LogP contribution in [0.15, 0.2) is 18.2 Å². The van der Waals surface area contributed by atoms with E-state index in [4.69, 9.17) is 4.74 Å². The molecule has 2 heterocycles. The molecule has 0 unspecified atom stereocenters. The van der Waals surface area contributed by atoms with Crippen molar-refractivity contribution < 1.29 is 63.7 Å². The number of carboxylic acid groups (broad SMARTS) is 1. The fraction of sp³-hybridized carbons (Fsp3) is 0.667. The van der Waals surface area contributed by atoms with E-state index in [1.165, 1.54) is 11.0 Å². The van der Waals surface area contributed by atoms with Crippen molar-refractivity contribution in [1.29, 1.82) is 0 Å². The zero-order valence-electron chi connectivity index (χ0n) is 21.7. The summed E-state index contributed by atoms with van der Waals surface area (Å²) >= 11 is 0. The molecule has 0 spiro atoms. The average molecular weight is 609 g/mol. The van der Waals surface area contributed by atoms with E-state index >= 15 is 0 Å². The van der Waals surface area contributed by atoms with Crippen LogP contribution in [0.3, 0.4) is 0 Å². The van der Waals surface area contributed by atoms with Gasteiger partial charge in [0, 0.05) is 44.0 Å². The Morgan fingerprint density at radius 2 is 1.56 bits per heavy atom. The van der Waals surface area contributed by atoms with Crippen molar-refractivity contribution in [2.75, 3.05) is 50.8 Å². The summed E-state index contributed by atoms with van der Waals surface area (Å²) in [5.41, 5.74) is -1.33. The lowest BCUT2D eigenvalue weighted by molar-refractivity contribution is -0.308. The van der Waals surface area contributed by atoms with Gasteiger partial charge in [0.15, 0.2) is 0 Å². The van der Waals surface area contributed by atoms with Gasteiger partial charge in [0.1, 0.15) is 0 Å². The molecule has 1 aromatic carbocycles. The van der Waals surface area contributed by atoms with Crippen molar-refractivity contribution in [2.45, 2.75) is 56.5 Å². The molecule has 0 aliphatic carbocycles. The largest absolute Gasteiger partial charge is 0.480 e. The van der Waals surface area contributed by atoms with Crippen molar-refractivity contribution in [2.24, 2.45) is 0 Å². The number of carboxylic acids is 1. The number of hydrogen-bond donors (Lipinski definition) is 1. The van der Waals surface area contributed by atoms with Crippen LogP contribution in [-0.2, 0) is 27.0 Å². The number of carbonyl (C=O) groups excluding carboxylic acids is 1. The molecule has 8 nitrogen and oxygen atoms in total. The SMILES string of the molecule is CC1(N(CC(=O)O)Cc2ccc(C(F)(F)F)cc2N2CCOCC2)CCN(C(=O)OC(C(F)(F)F)C(F)(F)F)CC1. The second-order valence-corrected chi connectivity index (χ2v) is 10.0.